The first-order valence-corrected chi connectivity index (χ1v) is 10.6. The third kappa shape index (κ3) is 2.30. The van der Waals surface area contributed by atoms with Gasteiger partial charge in [0.25, 0.3) is 0 Å². The smallest absolute Gasteiger partial charge is 0.228 e. The molecule has 4 aromatic rings. The predicted octanol–water partition coefficient (Wildman–Crippen LogP) is 6.26. The average Bonchev–Trinajstić information content (AvgIpc) is 3.28. The number of rotatable bonds is 1. The van der Waals surface area contributed by atoms with Crippen molar-refractivity contribution in [3.8, 4) is 22.8 Å². The maximum absolute atomic E-state index is 6.68. The zero-order valence-electron chi connectivity index (χ0n) is 17.2. The molecule has 0 saturated heterocycles. The van der Waals surface area contributed by atoms with E-state index in [4.69, 9.17) is 4.74 Å². The molecule has 6 rings (SSSR count). The van der Waals surface area contributed by atoms with E-state index in [9.17, 15) is 0 Å². The molecule has 2 aromatic heterocycles. The number of hydrogen-bond acceptors (Lipinski definition) is 2. The molecule has 0 N–H and O–H groups in total. The van der Waals surface area contributed by atoms with Crippen LogP contribution < -0.4 is 9.30 Å². The van der Waals surface area contributed by atoms with Crippen molar-refractivity contribution in [2.75, 3.05) is 0 Å². The van der Waals surface area contributed by atoms with E-state index in [1.807, 2.05) is 12.4 Å². The Morgan fingerprint density at radius 2 is 1.86 bits per heavy atom. The standard InChI is InChI=1S/C26H25N2O/c1-15-20-8-10-27-14-21(20)16(2)26-23(15)25-24-18(9-11-28(25)3)12-19(13-22(24)29-26)17-6-4-5-7-17/h8-14,17H,4-7H2,1-3H3/q+1. The highest BCUT2D eigenvalue weighted by Gasteiger charge is 2.32. The maximum atomic E-state index is 6.68. The second-order valence-electron chi connectivity index (χ2n) is 8.72. The highest BCUT2D eigenvalue weighted by molar-refractivity contribution is 6.06. The number of pyridine rings is 2. The molecule has 1 fully saturated rings. The topological polar surface area (TPSA) is 26.0 Å². The minimum atomic E-state index is 0.668. The summed E-state index contributed by atoms with van der Waals surface area (Å²) in [6.45, 7) is 4.37. The molecule has 1 aliphatic heterocycles. The second kappa shape index (κ2) is 6.03. The average molecular weight is 381 g/mol. The normalized spacial score (nSPS) is 15.7. The van der Waals surface area contributed by atoms with Crippen LogP contribution in [0.25, 0.3) is 32.8 Å². The fourth-order valence-electron chi connectivity index (χ4n) is 5.52. The molecule has 0 spiro atoms. The Labute approximate surface area is 171 Å². The van der Waals surface area contributed by atoms with Crippen LogP contribution in [0.2, 0.25) is 0 Å². The van der Waals surface area contributed by atoms with Gasteiger partial charge < -0.3 is 4.74 Å². The fourth-order valence-corrected chi connectivity index (χ4v) is 5.52. The Balaban J connectivity index is 1.72. The number of fused-ring (bicyclic) bond motifs is 3. The van der Waals surface area contributed by atoms with Gasteiger partial charge in [-0.05, 0) is 66.6 Å². The Morgan fingerprint density at radius 3 is 2.69 bits per heavy atom. The van der Waals surface area contributed by atoms with E-state index in [1.165, 1.54) is 75.2 Å². The van der Waals surface area contributed by atoms with Crippen LogP contribution >= 0.6 is 0 Å². The summed E-state index contributed by atoms with van der Waals surface area (Å²) in [5.74, 6) is 2.66. The molecule has 2 aliphatic rings. The number of aryl methyl sites for hydroxylation is 3. The Hall–Kier alpha value is -2.94. The first-order chi connectivity index (χ1) is 14.1. The lowest BCUT2D eigenvalue weighted by molar-refractivity contribution is -0.659. The van der Waals surface area contributed by atoms with E-state index < -0.39 is 0 Å². The van der Waals surface area contributed by atoms with Crippen LogP contribution in [0.3, 0.4) is 0 Å². The van der Waals surface area contributed by atoms with Gasteiger partial charge in [-0.25, -0.2) is 4.57 Å². The van der Waals surface area contributed by atoms with Crippen molar-refractivity contribution in [2.45, 2.75) is 45.4 Å². The van der Waals surface area contributed by atoms with E-state index in [0.717, 1.165) is 11.5 Å². The highest BCUT2D eigenvalue weighted by atomic mass is 16.5. The van der Waals surface area contributed by atoms with Gasteiger partial charge in [-0.3, -0.25) is 4.98 Å². The summed E-state index contributed by atoms with van der Waals surface area (Å²) in [7, 11) is 2.14. The summed E-state index contributed by atoms with van der Waals surface area (Å²) in [6, 6.07) is 9.08. The predicted molar refractivity (Wildman–Crippen MR) is 117 cm³/mol. The third-order valence-electron chi connectivity index (χ3n) is 7.07. The van der Waals surface area contributed by atoms with Crippen LogP contribution in [0.1, 0.15) is 48.3 Å². The van der Waals surface area contributed by atoms with Gasteiger partial charge in [0, 0.05) is 29.4 Å². The SMILES string of the molecule is Cc1c2c(c(C)c3ccncc13)-c1c3c(cc(C4CCCC4)cc3cc[n+]1C)O2. The van der Waals surface area contributed by atoms with Gasteiger partial charge in [0.15, 0.2) is 6.20 Å². The van der Waals surface area contributed by atoms with Gasteiger partial charge in [0.05, 0.1) is 10.9 Å². The summed E-state index contributed by atoms with van der Waals surface area (Å²) in [5, 5.41) is 4.95. The third-order valence-corrected chi connectivity index (χ3v) is 7.07. The van der Waals surface area contributed by atoms with Gasteiger partial charge in [-0.15, -0.1) is 0 Å². The molecule has 1 saturated carbocycles. The highest BCUT2D eigenvalue weighted by Crippen LogP contribution is 2.51. The Kier molecular flexibility index (Phi) is 3.53. The summed E-state index contributed by atoms with van der Waals surface area (Å²) in [5.41, 5.74) is 6.34. The maximum Gasteiger partial charge on any atom is 0.228 e. The molecule has 0 bridgehead atoms. The molecule has 2 aromatic carbocycles. The molecule has 29 heavy (non-hydrogen) atoms. The van der Waals surface area contributed by atoms with Crippen molar-refractivity contribution >= 4 is 21.5 Å². The number of ether oxygens (including phenoxy) is 1. The van der Waals surface area contributed by atoms with Crippen molar-refractivity contribution in [3.05, 3.63) is 59.5 Å². The van der Waals surface area contributed by atoms with Crippen LogP contribution in [0.15, 0.2) is 42.9 Å². The molecule has 0 amide bonds. The Morgan fingerprint density at radius 1 is 1.03 bits per heavy atom. The van der Waals surface area contributed by atoms with Gasteiger partial charge in [-0.2, -0.15) is 0 Å². The zero-order chi connectivity index (χ0) is 19.7. The minimum absolute atomic E-state index is 0.668. The van der Waals surface area contributed by atoms with Crippen LogP contribution in [0, 0.1) is 13.8 Å². The van der Waals surface area contributed by atoms with Gasteiger partial charge in [0.2, 0.25) is 5.69 Å². The molecule has 0 radical (unpaired) electrons. The number of benzene rings is 2. The molecular formula is C26H25N2O+. The van der Waals surface area contributed by atoms with Crippen LogP contribution in [0.5, 0.6) is 11.5 Å². The van der Waals surface area contributed by atoms with Gasteiger partial charge in [0.1, 0.15) is 18.5 Å². The number of nitrogens with zero attached hydrogens (tertiary/aromatic N) is 2. The Bertz CT molecular complexity index is 1320. The molecule has 3 heteroatoms. The van der Waals surface area contributed by atoms with Crippen molar-refractivity contribution in [1.29, 1.82) is 0 Å². The van der Waals surface area contributed by atoms with E-state index in [1.54, 1.807) is 0 Å². The lowest BCUT2D eigenvalue weighted by Crippen LogP contribution is -2.32. The van der Waals surface area contributed by atoms with Gasteiger partial charge in [-0.1, -0.05) is 18.9 Å². The second-order valence-corrected chi connectivity index (χ2v) is 8.72. The largest absolute Gasteiger partial charge is 0.455 e. The van der Waals surface area contributed by atoms with Gasteiger partial charge >= 0.3 is 0 Å². The fraction of sp³-hybridized carbons (Fsp3) is 0.308. The van der Waals surface area contributed by atoms with E-state index in [2.05, 4.69) is 60.9 Å². The molecule has 144 valence electrons. The first kappa shape index (κ1) is 17.0. The first-order valence-electron chi connectivity index (χ1n) is 10.6. The molecule has 1 aliphatic carbocycles. The van der Waals surface area contributed by atoms with Crippen LogP contribution in [-0.4, -0.2) is 4.98 Å². The molecule has 0 atom stereocenters. The number of aromatic nitrogens is 2. The molecule has 3 nitrogen and oxygen atoms in total. The minimum Gasteiger partial charge on any atom is -0.455 e. The number of hydrogen-bond donors (Lipinski definition) is 0. The van der Waals surface area contributed by atoms with Crippen molar-refractivity contribution in [3.63, 3.8) is 0 Å². The van der Waals surface area contributed by atoms with E-state index in [-0.39, 0.29) is 0 Å². The van der Waals surface area contributed by atoms with E-state index in [0.29, 0.717) is 5.92 Å². The quantitative estimate of drug-likeness (QED) is 0.320. The lowest BCUT2D eigenvalue weighted by atomic mass is 9.88. The summed E-state index contributed by atoms with van der Waals surface area (Å²) >= 11 is 0. The van der Waals surface area contributed by atoms with Crippen molar-refractivity contribution in [1.82, 2.24) is 4.98 Å². The summed E-state index contributed by atoms with van der Waals surface area (Å²) in [6.07, 6.45) is 11.3. The van der Waals surface area contributed by atoms with Crippen LogP contribution in [0.4, 0.5) is 0 Å². The molecular weight excluding hydrogens is 356 g/mol. The zero-order valence-corrected chi connectivity index (χ0v) is 17.2. The van der Waals surface area contributed by atoms with Crippen LogP contribution in [-0.2, 0) is 7.05 Å². The van der Waals surface area contributed by atoms with Crippen molar-refractivity contribution in [2.24, 2.45) is 7.05 Å². The van der Waals surface area contributed by atoms with Crippen molar-refractivity contribution < 1.29 is 9.30 Å². The van der Waals surface area contributed by atoms with E-state index >= 15 is 0 Å². The summed E-state index contributed by atoms with van der Waals surface area (Å²) < 4.78 is 8.94. The molecule has 3 heterocycles. The molecule has 0 unspecified atom stereocenters. The summed E-state index contributed by atoms with van der Waals surface area (Å²) in [4.78, 5) is 4.37. The monoisotopic (exact) mass is 381 g/mol. The lowest BCUT2D eigenvalue weighted by Gasteiger charge is -2.25.